The van der Waals surface area contributed by atoms with Crippen LogP contribution >= 0.6 is 0 Å². The highest BCUT2D eigenvalue weighted by atomic mass is 16.5. The predicted molar refractivity (Wildman–Crippen MR) is 51.2 cm³/mol. The Balaban J connectivity index is 2.06. The average molecular weight is 199 g/mol. The van der Waals surface area contributed by atoms with Crippen molar-refractivity contribution in [1.29, 1.82) is 0 Å². The zero-order chi connectivity index (χ0) is 10.2. The summed E-state index contributed by atoms with van der Waals surface area (Å²) in [6.07, 6.45) is 2.82. The molecule has 0 aromatic heterocycles. The third kappa shape index (κ3) is 1.64. The van der Waals surface area contributed by atoms with Crippen LogP contribution in [-0.2, 0) is 9.53 Å². The first-order valence-electron chi connectivity index (χ1n) is 5.14. The van der Waals surface area contributed by atoms with Crippen molar-refractivity contribution < 1.29 is 14.6 Å². The minimum absolute atomic E-state index is 0.218. The van der Waals surface area contributed by atoms with Gasteiger partial charge in [0.25, 0.3) is 0 Å². The van der Waals surface area contributed by atoms with Crippen LogP contribution in [0.5, 0.6) is 0 Å². The lowest BCUT2D eigenvalue weighted by Crippen LogP contribution is -2.33. The van der Waals surface area contributed by atoms with Crippen molar-refractivity contribution >= 4 is 5.97 Å². The van der Waals surface area contributed by atoms with E-state index in [1.807, 2.05) is 11.9 Å². The van der Waals surface area contributed by atoms with Crippen molar-refractivity contribution in [3.63, 3.8) is 0 Å². The van der Waals surface area contributed by atoms with E-state index in [0.29, 0.717) is 0 Å². The van der Waals surface area contributed by atoms with Crippen LogP contribution in [0.3, 0.4) is 0 Å². The highest BCUT2D eigenvalue weighted by Crippen LogP contribution is 2.42. The first kappa shape index (κ1) is 9.93. The van der Waals surface area contributed by atoms with E-state index in [-0.39, 0.29) is 11.5 Å². The van der Waals surface area contributed by atoms with Crippen LogP contribution in [-0.4, -0.2) is 48.8 Å². The van der Waals surface area contributed by atoms with Crippen LogP contribution in [0, 0.1) is 5.41 Å². The van der Waals surface area contributed by atoms with E-state index in [1.54, 1.807) is 0 Å². The third-order valence-electron chi connectivity index (χ3n) is 3.58. The molecule has 2 saturated heterocycles. The summed E-state index contributed by atoms with van der Waals surface area (Å²) in [5.41, 5.74) is 0.218. The number of nitrogens with zero attached hydrogens (tertiary/aromatic N) is 1. The number of ether oxygens (including phenoxy) is 1. The maximum atomic E-state index is 11.0. The summed E-state index contributed by atoms with van der Waals surface area (Å²) in [5.74, 6) is -0.684. The summed E-state index contributed by atoms with van der Waals surface area (Å²) in [7, 11) is 1.91. The lowest BCUT2D eigenvalue weighted by atomic mass is 9.78. The molecule has 1 spiro atoms. The van der Waals surface area contributed by atoms with Crippen LogP contribution < -0.4 is 0 Å². The van der Waals surface area contributed by atoms with Gasteiger partial charge < -0.3 is 9.84 Å². The number of carboxylic acid groups (broad SMARTS) is 1. The molecule has 0 amide bonds. The van der Waals surface area contributed by atoms with Crippen LogP contribution in [0.1, 0.15) is 19.3 Å². The molecule has 2 aliphatic rings. The van der Waals surface area contributed by atoms with E-state index in [9.17, 15) is 4.79 Å². The normalized spacial score (nSPS) is 32.2. The van der Waals surface area contributed by atoms with Gasteiger partial charge in [-0.3, -0.25) is 9.69 Å². The second-order valence-corrected chi connectivity index (χ2v) is 4.59. The van der Waals surface area contributed by atoms with Crippen molar-refractivity contribution in [2.45, 2.75) is 25.3 Å². The average Bonchev–Trinajstić information content (AvgIpc) is 2.44. The van der Waals surface area contributed by atoms with E-state index in [0.717, 1.165) is 39.0 Å². The van der Waals surface area contributed by atoms with Gasteiger partial charge in [0, 0.05) is 19.8 Å². The first-order valence-corrected chi connectivity index (χ1v) is 5.14. The van der Waals surface area contributed by atoms with E-state index in [2.05, 4.69) is 0 Å². The fraction of sp³-hybridized carbons (Fsp3) is 0.900. The Labute approximate surface area is 83.8 Å². The first-order chi connectivity index (χ1) is 6.63. The van der Waals surface area contributed by atoms with Crippen molar-refractivity contribution in [2.75, 3.05) is 26.8 Å². The lowest BCUT2D eigenvalue weighted by molar-refractivity contribution is -0.141. The molecule has 1 N–H and O–H groups in total. The quantitative estimate of drug-likeness (QED) is 0.671. The fourth-order valence-corrected chi connectivity index (χ4v) is 2.71. The maximum absolute atomic E-state index is 11.0. The van der Waals surface area contributed by atoms with Gasteiger partial charge in [-0.1, -0.05) is 0 Å². The molecule has 2 rings (SSSR count). The van der Waals surface area contributed by atoms with Gasteiger partial charge in [-0.05, 0) is 31.7 Å². The molecule has 80 valence electrons. The fourth-order valence-electron chi connectivity index (χ4n) is 2.71. The van der Waals surface area contributed by atoms with E-state index < -0.39 is 5.97 Å². The molecule has 0 aliphatic carbocycles. The molecular formula is C10H17NO3. The molecule has 2 aliphatic heterocycles. The van der Waals surface area contributed by atoms with E-state index >= 15 is 0 Å². The van der Waals surface area contributed by atoms with Gasteiger partial charge in [0.15, 0.2) is 0 Å². The van der Waals surface area contributed by atoms with Gasteiger partial charge in [-0.2, -0.15) is 0 Å². The minimum atomic E-state index is -0.684. The summed E-state index contributed by atoms with van der Waals surface area (Å²) >= 11 is 0. The summed E-state index contributed by atoms with van der Waals surface area (Å²) in [4.78, 5) is 12.9. The van der Waals surface area contributed by atoms with Crippen molar-refractivity contribution in [2.24, 2.45) is 5.41 Å². The van der Waals surface area contributed by atoms with Crippen molar-refractivity contribution in [3.05, 3.63) is 0 Å². The molecule has 2 heterocycles. The molecule has 14 heavy (non-hydrogen) atoms. The zero-order valence-corrected chi connectivity index (χ0v) is 8.53. The topological polar surface area (TPSA) is 49.8 Å². The number of likely N-dealkylation sites (N-methyl/N-ethyl adjacent to an activating group) is 1. The van der Waals surface area contributed by atoms with Crippen molar-refractivity contribution in [3.8, 4) is 0 Å². The molecule has 0 bridgehead atoms. The predicted octanol–water partition coefficient (Wildman–Crippen LogP) is 0.572. The minimum Gasteiger partial charge on any atom is -0.480 e. The van der Waals surface area contributed by atoms with Gasteiger partial charge >= 0.3 is 5.97 Å². The molecule has 4 nitrogen and oxygen atoms in total. The monoisotopic (exact) mass is 199 g/mol. The summed E-state index contributed by atoms with van der Waals surface area (Å²) < 4.78 is 5.32. The summed E-state index contributed by atoms with van der Waals surface area (Å²) in [6.45, 7) is 2.49. The molecular weight excluding hydrogens is 182 g/mol. The van der Waals surface area contributed by atoms with Gasteiger partial charge in [0.2, 0.25) is 0 Å². The Kier molecular flexibility index (Phi) is 2.49. The van der Waals surface area contributed by atoms with E-state index in [1.165, 1.54) is 0 Å². The number of hydrogen-bond acceptors (Lipinski definition) is 3. The second-order valence-electron chi connectivity index (χ2n) is 4.59. The lowest BCUT2D eigenvalue weighted by Gasteiger charge is -2.32. The van der Waals surface area contributed by atoms with Gasteiger partial charge in [0.05, 0.1) is 0 Å². The van der Waals surface area contributed by atoms with Crippen LogP contribution in [0.4, 0.5) is 0 Å². The number of carboxylic acids is 1. The van der Waals surface area contributed by atoms with Gasteiger partial charge in [-0.15, -0.1) is 0 Å². The third-order valence-corrected chi connectivity index (χ3v) is 3.58. The maximum Gasteiger partial charge on any atom is 0.320 e. The molecule has 0 unspecified atom stereocenters. The van der Waals surface area contributed by atoms with Crippen molar-refractivity contribution in [1.82, 2.24) is 4.90 Å². The summed E-state index contributed by atoms with van der Waals surface area (Å²) in [6, 6.07) is -0.284. The van der Waals surface area contributed by atoms with Gasteiger partial charge in [-0.25, -0.2) is 0 Å². The Hall–Kier alpha value is -0.610. The molecule has 0 radical (unpaired) electrons. The summed E-state index contributed by atoms with van der Waals surface area (Å²) in [5, 5.41) is 9.02. The molecule has 0 saturated carbocycles. The van der Waals surface area contributed by atoms with Crippen LogP contribution in [0.15, 0.2) is 0 Å². The van der Waals surface area contributed by atoms with Crippen LogP contribution in [0.2, 0.25) is 0 Å². The SMILES string of the molecule is CN1CC2(CCOCC2)C[C@H]1C(=O)O. The van der Waals surface area contributed by atoms with Gasteiger partial charge in [0.1, 0.15) is 6.04 Å². The Morgan fingerprint density at radius 1 is 1.50 bits per heavy atom. The number of rotatable bonds is 1. The Bertz CT molecular complexity index is 236. The molecule has 2 fully saturated rings. The van der Waals surface area contributed by atoms with Crippen LogP contribution in [0.25, 0.3) is 0 Å². The number of aliphatic carboxylic acids is 1. The highest BCUT2D eigenvalue weighted by Gasteiger charge is 2.45. The number of likely N-dealkylation sites (tertiary alicyclic amines) is 1. The Morgan fingerprint density at radius 2 is 2.14 bits per heavy atom. The standard InChI is InChI=1S/C10H17NO3/c1-11-7-10(2-4-14-5-3-10)6-8(11)9(12)13/h8H,2-7H2,1H3,(H,12,13)/t8-/m0/s1. The molecule has 0 aromatic rings. The molecule has 1 atom stereocenters. The zero-order valence-electron chi connectivity index (χ0n) is 8.53. The number of carbonyl (C=O) groups is 1. The Morgan fingerprint density at radius 3 is 2.64 bits per heavy atom. The number of hydrogen-bond donors (Lipinski definition) is 1. The molecule has 0 aromatic carbocycles. The van der Waals surface area contributed by atoms with E-state index in [4.69, 9.17) is 9.84 Å². The molecule has 4 heteroatoms. The smallest absolute Gasteiger partial charge is 0.320 e. The highest BCUT2D eigenvalue weighted by molar-refractivity contribution is 5.74. The largest absolute Gasteiger partial charge is 0.480 e. The second kappa shape index (κ2) is 3.51.